The molecule has 4 nitrogen and oxygen atoms in total. The lowest BCUT2D eigenvalue weighted by Gasteiger charge is -2.27. The largest absolute Gasteiger partial charge is 0.507 e. The Hall–Kier alpha value is -1.75. The maximum atomic E-state index is 11.8. The van der Waals surface area contributed by atoms with E-state index in [1.54, 1.807) is 6.08 Å². The van der Waals surface area contributed by atoms with Gasteiger partial charge in [-0.15, -0.1) is 0 Å². The Morgan fingerprint density at radius 3 is 2.09 bits per heavy atom. The number of carbonyl (C=O) groups excluding carboxylic acids is 2. The van der Waals surface area contributed by atoms with E-state index >= 15 is 0 Å². The van der Waals surface area contributed by atoms with Gasteiger partial charge in [0.05, 0.1) is 4.91 Å². The molecule has 0 saturated carbocycles. The van der Waals surface area contributed by atoms with E-state index in [4.69, 9.17) is 0 Å². The second-order valence-electron chi connectivity index (χ2n) is 7.81. The van der Waals surface area contributed by atoms with Gasteiger partial charge in [0.25, 0.3) is 11.1 Å². The van der Waals surface area contributed by atoms with E-state index in [0.717, 1.165) is 22.9 Å². The molecule has 1 aromatic rings. The molecule has 1 aromatic carbocycles. The summed E-state index contributed by atoms with van der Waals surface area (Å²) in [5.41, 5.74) is 2.13. The van der Waals surface area contributed by atoms with Crippen LogP contribution in [0.25, 0.3) is 6.08 Å². The van der Waals surface area contributed by atoms with Crippen LogP contribution in [0.15, 0.2) is 17.0 Å². The Bertz CT molecular complexity index is 706. The Labute approximate surface area is 141 Å². The molecule has 0 radical (unpaired) electrons. The number of hydrogen-bond acceptors (Lipinski definition) is 4. The fourth-order valence-corrected chi connectivity index (χ4v) is 3.01. The number of benzene rings is 1. The molecule has 5 heteroatoms. The predicted octanol–water partition coefficient (Wildman–Crippen LogP) is 4.31. The van der Waals surface area contributed by atoms with Crippen molar-refractivity contribution >= 4 is 29.0 Å². The molecule has 1 aliphatic heterocycles. The average molecular weight is 333 g/mol. The van der Waals surface area contributed by atoms with Crippen molar-refractivity contribution in [1.82, 2.24) is 5.32 Å². The molecule has 1 fully saturated rings. The Kier molecular flexibility index (Phi) is 4.37. The number of amides is 2. The van der Waals surface area contributed by atoms with Crippen molar-refractivity contribution in [3.63, 3.8) is 0 Å². The van der Waals surface area contributed by atoms with Crippen LogP contribution < -0.4 is 5.32 Å². The first kappa shape index (κ1) is 17.6. The van der Waals surface area contributed by atoms with Gasteiger partial charge >= 0.3 is 0 Å². The number of nitrogens with one attached hydrogen (secondary N) is 1. The fourth-order valence-electron chi connectivity index (χ4n) is 2.33. The van der Waals surface area contributed by atoms with Gasteiger partial charge < -0.3 is 5.11 Å². The molecular weight excluding hydrogens is 310 g/mol. The van der Waals surface area contributed by atoms with E-state index in [-0.39, 0.29) is 21.8 Å². The summed E-state index contributed by atoms with van der Waals surface area (Å²) < 4.78 is 0. The molecule has 1 heterocycles. The fraction of sp³-hybridized carbons (Fsp3) is 0.444. The first-order valence-electron chi connectivity index (χ1n) is 7.52. The van der Waals surface area contributed by atoms with Crippen molar-refractivity contribution in [3.8, 4) is 5.75 Å². The molecule has 2 amide bonds. The molecule has 0 aliphatic carbocycles. The molecule has 0 bridgehead atoms. The average Bonchev–Trinajstić information content (AvgIpc) is 2.67. The Morgan fingerprint density at radius 2 is 1.65 bits per heavy atom. The molecular formula is C18H23NO3S. The maximum Gasteiger partial charge on any atom is 0.290 e. The lowest BCUT2D eigenvalue weighted by molar-refractivity contribution is -0.115. The molecule has 124 valence electrons. The summed E-state index contributed by atoms with van der Waals surface area (Å²) in [5.74, 6) is -0.261. The minimum absolute atomic E-state index is 0.0954. The zero-order chi connectivity index (χ0) is 17.6. The molecule has 0 spiro atoms. The van der Waals surface area contributed by atoms with Crippen molar-refractivity contribution in [2.75, 3.05) is 0 Å². The van der Waals surface area contributed by atoms with Crippen LogP contribution in [-0.4, -0.2) is 16.3 Å². The van der Waals surface area contributed by atoms with Crippen molar-refractivity contribution in [1.29, 1.82) is 0 Å². The summed E-state index contributed by atoms with van der Waals surface area (Å²) in [4.78, 5) is 23.4. The van der Waals surface area contributed by atoms with Crippen LogP contribution in [0, 0.1) is 0 Å². The molecule has 0 aromatic heterocycles. The number of carbonyl (C=O) groups is 2. The van der Waals surface area contributed by atoms with Crippen LogP contribution in [0.5, 0.6) is 5.75 Å². The predicted molar refractivity (Wildman–Crippen MR) is 94.6 cm³/mol. The molecule has 2 rings (SSSR count). The lowest BCUT2D eigenvalue weighted by Crippen LogP contribution is -2.18. The van der Waals surface area contributed by atoms with E-state index in [2.05, 4.69) is 26.1 Å². The van der Waals surface area contributed by atoms with Gasteiger partial charge in [0.15, 0.2) is 0 Å². The highest BCUT2D eigenvalue weighted by Gasteiger charge is 2.28. The number of rotatable bonds is 1. The van der Waals surface area contributed by atoms with Crippen LogP contribution in [0.1, 0.15) is 58.2 Å². The first-order chi connectivity index (χ1) is 10.4. The maximum absolute atomic E-state index is 11.8. The van der Waals surface area contributed by atoms with Gasteiger partial charge in [-0.3, -0.25) is 14.9 Å². The monoisotopic (exact) mass is 333 g/mol. The van der Waals surface area contributed by atoms with Crippen molar-refractivity contribution in [2.24, 2.45) is 0 Å². The quantitative estimate of drug-likeness (QED) is 0.752. The number of thioether (sulfide) groups is 1. The summed E-state index contributed by atoms with van der Waals surface area (Å²) in [6.07, 6.45) is 1.59. The smallest absolute Gasteiger partial charge is 0.290 e. The van der Waals surface area contributed by atoms with Crippen molar-refractivity contribution in [3.05, 3.63) is 33.7 Å². The Balaban J connectivity index is 2.66. The van der Waals surface area contributed by atoms with Gasteiger partial charge in [0, 0.05) is 11.1 Å². The lowest BCUT2D eigenvalue weighted by atomic mass is 9.79. The SMILES string of the molecule is CC(C)(C)c1cc(/C=C2\SC(=O)NC2=O)c(O)c(C(C)(C)C)c1. The van der Waals surface area contributed by atoms with Crippen LogP contribution >= 0.6 is 11.8 Å². The number of phenols is 1. The minimum atomic E-state index is -0.419. The van der Waals surface area contributed by atoms with Gasteiger partial charge in [0.1, 0.15) is 5.75 Å². The van der Waals surface area contributed by atoms with Gasteiger partial charge in [-0.05, 0) is 40.3 Å². The van der Waals surface area contributed by atoms with Crippen molar-refractivity contribution in [2.45, 2.75) is 52.4 Å². The third-order valence-electron chi connectivity index (χ3n) is 3.74. The minimum Gasteiger partial charge on any atom is -0.507 e. The first-order valence-corrected chi connectivity index (χ1v) is 8.34. The van der Waals surface area contributed by atoms with Gasteiger partial charge in [-0.2, -0.15) is 0 Å². The van der Waals surface area contributed by atoms with Gasteiger partial charge in [-0.1, -0.05) is 47.6 Å². The summed E-state index contributed by atoms with van der Waals surface area (Å²) in [6.45, 7) is 12.4. The normalized spacial score (nSPS) is 17.7. The molecule has 2 N–H and O–H groups in total. The molecule has 0 unspecified atom stereocenters. The van der Waals surface area contributed by atoms with Crippen LogP contribution in [0.2, 0.25) is 0 Å². The summed E-state index contributed by atoms with van der Waals surface area (Å²) in [5, 5.41) is 12.5. The topological polar surface area (TPSA) is 66.4 Å². The highest BCUT2D eigenvalue weighted by molar-refractivity contribution is 8.18. The third-order valence-corrected chi connectivity index (χ3v) is 4.55. The highest BCUT2D eigenvalue weighted by atomic mass is 32.2. The van der Waals surface area contributed by atoms with E-state index in [1.807, 2.05) is 32.9 Å². The van der Waals surface area contributed by atoms with Gasteiger partial charge in [-0.25, -0.2) is 0 Å². The van der Waals surface area contributed by atoms with E-state index in [1.165, 1.54) is 0 Å². The van der Waals surface area contributed by atoms with Crippen LogP contribution in [0.4, 0.5) is 4.79 Å². The molecule has 23 heavy (non-hydrogen) atoms. The summed E-state index contributed by atoms with van der Waals surface area (Å²) in [7, 11) is 0. The molecule has 1 saturated heterocycles. The number of hydrogen-bond donors (Lipinski definition) is 2. The van der Waals surface area contributed by atoms with Crippen LogP contribution in [-0.2, 0) is 15.6 Å². The van der Waals surface area contributed by atoms with Crippen molar-refractivity contribution < 1.29 is 14.7 Å². The van der Waals surface area contributed by atoms with E-state index < -0.39 is 5.91 Å². The number of phenolic OH excluding ortho intramolecular Hbond substituents is 1. The summed E-state index contributed by atoms with van der Waals surface area (Å²) >= 11 is 0.854. The van der Waals surface area contributed by atoms with E-state index in [9.17, 15) is 14.7 Å². The second kappa shape index (κ2) is 5.71. The zero-order valence-electron chi connectivity index (χ0n) is 14.4. The van der Waals surface area contributed by atoms with Crippen LogP contribution in [0.3, 0.4) is 0 Å². The second-order valence-corrected chi connectivity index (χ2v) is 8.83. The number of aromatic hydroxyl groups is 1. The highest BCUT2D eigenvalue weighted by Crippen LogP contribution is 2.39. The van der Waals surface area contributed by atoms with E-state index in [0.29, 0.717) is 10.5 Å². The summed E-state index contributed by atoms with van der Waals surface area (Å²) in [6, 6.07) is 3.90. The van der Waals surface area contributed by atoms with Gasteiger partial charge in [0.2, 0.25) is 0 Å². The standard InChI is InChI=1S/C18H23NO3S/c1-17(2,3)11-7-10(8-13-15(21)19-16(22)23-13)14(20)12(9-11)18(4,5)6/h7-9,20H,1-6H3,(H,19,21,22)/b13-8-. The Morgan fingerprint density at radius 1 is 1.04 bits per heavy atom. The zero-order valence-corrected chi connectivity index (χ0v) is 15.2. The number of imide groups is 1. The molecule has 1 aliphatic rings. The molecule has 0 atom stereocenters. The third kappa shape index (κ3) is 3.78.